The van der Waals surface area contributed by atoms with Crippen LogP contribution in [0.2, 0.25) is 0 Å². The van der Waals surface area contributed by atoms with Gasteiger partial charge in [0.05, 0.1) is 0 Å². The molecule has 0 fully saturated rings. The summed E-state index contributed by atoms with van der Waals surface area (Å²) >= 11 is 0. The largest absolute Gasteiger partial charge is 0.272 e. The summed E-state index contributed by atoms with van der Waals surface area (Å²) in [5.74, 6) is -0.207. The summed E-state index contributed by atoms with van der Waals surface area (Å²) in [5, 5.41) is 0. The highest BCUT2D eigenvalue weighted by Gasteiger charge is 2.48. The molecule has 0 aromatic rings. The molecule has 0 rings (SSSR count). The molecule has 0 unspecified atom stereocenters. The lowest BCUT2D eigenvalue weighted by molar-refractivity contribution is -0.200. The lowest BCUT2D eigenvalue weighted by atomic mass is 9.86. The molecule has 0 atom stereocenters. The fourth-order valence-corrected chi connectivity index (χ4v) is 5.10. The van der Waals surface area contributed by atoms with Crippen LogP contribution in [0.5, 0.6) is 0 Å². The van der Waals surface area contributed by atoms with E-state index in [0.717, 1.165) is 39.3 Å². The second-order valence-corrected chi connectivity index (χ2v) is 18.9. The van der Waals surface area contributed by atoms with E-state index in [4.69, 9.17) is 0 Å². The molecule has 35 heavy (non-hydrogen) atoms. The monoisotopic (exact) mass is 496 g/mol. The van der Waals surface area contributed by atoms with Gasteiger partial charge in [0.1, 0.15) is 5.79 Å². The van der Waals surface area contributed by atoms with E-state index >= 15 is 0 Å². The Labute approximate surface area is 223 Å². The van der Waals surface area contributed by atoms with Crippen LogP contribution in [0.1, 0.15) is 132 Å². The molecule has 0 aliphatic heterocycles. The number of hydrogen-bond acceptors (Lipinski definition) is 3. The third-order valence-corrected chi connectivity index (χ3v) is 5.79. The Morgan fingerprint density at radius 1 is 0.257 bits per heavy atom. The third-order valence-electron chi connectivity index (χ3n) is 5.79. The summed E-state index contributed by atoms with van der Waals surface area (Å²) in [6.45, 7) is 52.2. The van der Waals surface area contributed by atoms with E-state index in [9.17, 15) is 0 Å². The summed E-state index contributed by atoms with van der Waals surface area (Å²) in [6, 6.07) is 0. The van der Waals surface area contributed by atoms with E-state index < -0.39 is 0 Å². The van der Waals surface area contributed by atoms with Gasteiger partial charge in [-0.05, 0) is 39.4 Å². The Morgan fingerprint density at radius 3 is 0.457 bits per heavy atom. The van der Waals surface area contributed by atoms with Gasteiger partial charge in [0.15, 0.2) is 0 Å². The molecule has 0 bridgehead atoms. The van der Waals surface area contributed by atoms with Crippen molar-refractivity contribution in [1.29, 1.82) is 0 Å². The van der Waals surface area contributed by atoms with Crippen molar-refractivity contribution in [3.8, 4) is 0 Å². The van der Waals surface area contributed by atoms with Gasteiger partial charge in [0.2, 0.25) is 0 Å². The molecule has 0 aromatic carbocycles. The van der Waals surface area contributed by atoms with Gasteiger partial charge in [-0.3, -0.25) is 14.7 Å². The Kier molecular flexibility index (Phi) is 11.3. The highest BCUT2D eigenvalue weighted by molar-refractivity contribution is 4.96. The maximum absolute atomic E-state index is 2.85. The molecular weight excluding hydrogens is 426 g/mol. The van der Waals surface area contributed by atoms with Gasteiger partial charge in [-0.15, -0.1) is 0 Å². The van der Waals surface area contributed by atoms with Gasteiger partial charge in [0.25, 0.3) is 0 Å². The summed E-state index contributed by atoms with van der Waals surface area (Å²) in [7, 11) is 0. The zero-order valence-electron chi connectivity index (χ0n) is 28.1. The van der Waals surface area contributed by atoms with Crippen molar-refractivity contribution in [3.63, 3.8) is 0 Å². The normalized spacial score (nSPS) is 15.6. The molecule has 0 aromatic heterocycles. The zero-order valence-corrected chi connectivity index (χ0v) is 28.1. The molecule has 0 radical (unpaired) electrons. The van der Waals surface area contributed by atoms with Crippen molar-refractivity contribution < 1.29 is 0 Å². The molecule has 0 saturated heterocycles. The topological polar surface area (TPSA) is 9.72 Å². The summed E-state index contributed by atoms with van der Waals surface area (Å²) < 4.78 is 0. The molecule has 3 heteroatoms. The molecule has 212 valence electrons. The van der Waals surface area contributed by atoms with E-state index in [1.165, 1.54) is 0 Å². The van der Waals surface area contributed by atoms with Crippen molar-refractivity contribution in [2.45, 2.75) is 137 Å². The lowest BCUT2D eigenvalue weighted by Crippen LogP contribution is -2.73. The standard InChI is InChI=1S/C32H69N3/c1-26(2,3)20-33(21-27(4,5)6)32(19,34(22-28(7,8)9)23-29(10,11)12)35(24-30(13,14)15)25-31(16,17)18/h20-25H2,1-19H3. The zero-order chi connectivity index (χ0) is 28.5. The maximum Gasteiger partial charge on any atom is 0.128 e. The van der Waals surface area contributed by atoms with Crippen molar-refractivity contribution in [3.05, 3.63) is 0 Å². The summed E-state index contributed by atoms with van der Waals surface area (Å²) in [6.07, 6.45) is 0. The SMILES string of the molecule is CC(C)(C)CN(CC(C)(C)C)C(C)(N(CC(C)(C)C)CC(C)(C)C)N(CC(C)(C)C)CC(C)(C)C. The first-order valence-corrected chi connectivity index (χ1v) is 14.2. The average molecular weight is 496 g/mol. The van der Waals surface area contributed by atoms with E-state index in [-0.39, 0.29) is 38.3 Å². The van der Waals surface area contributed by atoms with Crippen molar-refractivity contribution >= 4 is 0 Å². The van der Waals surface area contributed by atoms with E-state index in [1.54, 1.807) is 0 Å². The fourth-order valence-electron chi connectivity index (χ4n) is 5.10. The first-order valence-electron chi connectivity index (χ1n) is 14.2. The summed E-state index contributed by atoms with van der Waals surface area (Å²) in [4.78, 5) is 8.55. The first-order chi connectivity index (χ1) is 14.9. The third kappa shape index (κ3) is 15.0. The van der Waals surface area contributed by atoms with Crippen LogP contribution in [-0.4, -0.2) is 59.8 Å². The molecule has 0 saturated carbocycles. The minimum absolute atomic E-state index is 0.205. The van der Waals surface area contributed by atoms with Gasteiger partial charge in [-0.2, -0.15) is 0 Å². The Hall–Kier alpha value is -0.120. The Morgan fingerprint density at radius 2 is 0.371 bits per heavy atom. The first kappa shape index (κ1) is 34.9. The van der Waals surface area contributed by atoms with Gasteiger partial charge in [-0.1, -0.05) is 125 Å². The van der Waals surface area contributed by atoms with Crippen LogP contribution in [-0.2, 0) is 0 Å². The molecule has 3 nitrogen and oxygen atoms in total. The van der Waals surface area contributed by atoms with Crippen molar-refractivity contribution in [1.82, 2.24) is 14.7 Å². The highest BCUT2D eigenvalue weighted by atomic mass is 15.6. The van der Waals surface area contributed by atoms with Gasteiger partial charge in [-0.25, -0.2) is 0 Å². The Bertz CT molecular complexity index is 484. The van der Waals surface area contributed by atoms with Gasteiger partial charge < -0.3 is 0 Å². The van der Waals surface area contributed by atoms with Crippen LogP contribution < -0.4 is 0 Å². The van der Waals surface area contributed by atoms with Crippen molar-refractivity contribution in [2.24, 2.45) is 32.5 Å². The van der Waals surface area contributed by atoms with Crippen LogP contribution >= 0.6 is 0 Å². The van der Waals surface area contributed by atoms with E-state index in [2.05, 4.69) is 146 Å². The van der Waals surface area contributed by atoms with E-state index in [0.29, 0.717) is 0 Å². The Balaban J connectivity index is 7.32. The minimum Gasteiger partial charge on any atom is -0.272 e. The maximum atomic E-state index is 2.85. The second-order valence-electron chi connectivity index (χ2n) is 18.9. The molecule has 0 spiro atoms. The molecule has 0 aliphatic rings. The lowest BCUT2D eigenvalue weighted by Gasteiger charge is -2.60. The minimum atomic E-state index is -0.207. The molecule has 0 N–H and O–H groups in total. The predicted octanol–water partition coefficient (Wildman–Crippen LogP) is 8.84. The van der Waals surface area contributed by atoms with Crippen LogP contribution in [0.15, 0.2) is 0 Å². The van der Waals surface area contributed by atoms with Crippen LogP contribution in [0.25, 0.3) is 0 Å². The molecular formula is C32H69N3. The predicted molar refractivity (Wildman–Crippen MR) is 160 cm³/mol. The summed E-state index contributed by atoms with van der Waals surface area (Å²) in [5.41, 5.74) is 1.23. The number of nitrogens with zero attached hydrogens (tertiary/aromatic N) is 3. The van der Waals surface area contributed by atoms with Crippen LogP contribution in [0.4, 0.5) is 0 Å². The average Bonchev–Trinajstić information content (AvgIpc) is 2.43. The van der Waals surface area contributed by atoms with Gasteiger partial charge >= 0.3 is 0 Å². The van der Waals surface area contributed by atoms with Crippen LogP contribution in [0, 0.1) is 32.5 Å². The highest BCUT2D eigenvalue weighted by Crippen LogP contribution is 2.39. The second kappa shape index (κ2) is 11.3. The number of hydrogen-bond donors (Lipinski definition) is 0. The van der Waals surface area contributed by atoms with Crippen molar-refractivity contribution in [2.75, 3.05) is 39.3 Å². The van der Waals surface area contributed by atoms with Crippen LogP contribution in [0.3, 0.4) is 0 Å². The van der Waals surface area contributed by atoms with E-state index in [1.807, 2.05) is 0 Å². The smallest absolute Gasteiger partial charge is 0.128 e. The molecule has 0 amide bonds. The number of rotatable bonds is 9. The quantitative estimate of drug-likeness (QED) is 0.296. The molecule has 0 aliphatic carbocycles. The van der Waals surface area contributed by atoms with Gasteiger partial charge in [0, 0.05) is 39.3 Å². The molecule has 0 heterocycles. The fraction of sp³-hybridized carbons (Fsp3) is 1.00.